The minimum absolute atomic E-state index is 0.000752. The van der Waals surface area contributed by atoms with E-state index in [0.29, 0.717) is 18.9 Å². The second kappa shape index (κ2) is 7.62. The number of benzene rings is 1. The number of aliphatic hydroxyl groups is 1. The Bertz CT molecular complexity index is 936. The predicted molar refractivity (Wildman–Crippen MR) is 106 cm³/mol. The molecule has 140 valence electrons. The molecule has 1 N–H and O–H groups in total. The molecule has 4 rings (SSSR count). The molecule has 0 aliphatic carbocycles. The fraction of sp³-hybridized carbons (Fsp3) is 0.350. The van der Waals surface area contributed by atoms with Crippen LogP contribution in [0.15, 0.2) is 42.7 Å². The van der Waals surface area contributed by atoms with E-state index in [-0.39, 0.29) is 11.8 Å². The summed E-state index contributed by atoms with van der Waals surface area (Å²) in [5.41, 5.74) is 0.957. The maximum Gasteiger partial charge on any atom is 0.246 e. The number of hydrogen-bond donors (Lipinski definition) is 1. The minimum atomic E-state index is -0.583. The molecule has 7 heteroatoms. The Labute approximate surface area is 161 Å². The summed E-state index contributed by atoms with van der Waals surface area (Å²) in [5.74, 6) is 0.818. The number of amides is 1. The van der Waals surface area contributed by atoms with E-state index in [1.807, 2.05) is 47.0 Å². The van der Waals surface area contributed by atoms with E-state index >= 15 is 0 Å². The maximum absolute atomic E-state index is 12.5. The van der Waals surface area contributed by atoms with Gasteiger partial charge in [-0.05, 0) is 37.0 Å². The van der Waals surface area contributed by atoms with Gasteiger partial charge in [-0.25, -0.2) is 9.97 Å². The van der Waals surface area contributed by atoms with Gasteiger partial charge in [0.2, 0.25) is 5.91 Å². The normalized spacial score (nSPS) is 17.0. The summed E-state index contributed by atoms with van der Waals surface area (Å²) < 4.78 is 2.97. The van der Waals surface area contributed by atoms with Crippen LogP contribution >= 0.6 is 11.3 Å². The molecule has 1 unspecified atom stereocenters. The van der Waals surface area contributed by atoms with Crippen molar-refractivity contribution in [1.29, 1.82) is 0 Å². The molecular formula is C20H22N4O2S. The molecular weight excluding hydrogens is 360 g/mol. The Morgan fingerprint density at radius 3 is 2.81 bits per heavy atom. The lowest BCUT2D eigenvalue weighted by molar-refractivity contribution is -0.128. The molecule has 3 heterocycles. The van der Waals surface area contributed by atoms with Crippen molar-refractivity contribution in [3.8, 4) is 0 Å². The van der Waals surface area contributed by atoms with Crippen LogP contribution < -0.4 is 0 Å². The van der Waals surface area contributed by atoms with E-state index in [0.717, 1.165) is 28.1 Å². The van der Waals surface area contributed by atoms with Gasteiger partial charge in [0.15, 0.2) is 0 Å². The fourth-order valence-electron chi connectivity index (χ4n) is 3.52. The van der Waals surface area contributed by atoms with Gasteiger partial charge < -0.3 is 14.6 Å². The zero-order chi connectivity index (χ0) is 18.8. The topological polar surface area (TPSA) is 71.2 Å². The standard InChI is InChI=1S/C20H22N4O2S/c1-23-13-10-21-20(23)19(26)14-8-11-24(12-9-14)18(25)7-6-17-22-15-4-2-3-5-16(15)27-17/h2-7,10,13-14,19,26H,8-9,11-12H2,1H3. The van der Waals surface area contributed by atoms with Crippen LogP contribution in [0.25, 0.3) is 16.3 Å². The van der Waals surface area contributed by atoms with Crippen molar-refractivity contribution in [2.75, 3.05) is 13.1 Å². The van der Waals surface area contributed by atoms with Gasteiger partial charge in [-0.2, -0.15) is 0 Å². The van der Waals surface area contributed by atoms with Crippen molar-refractivity contribution < 1.29 is 9.90 Å². The van der Waals surface area contributed by atoms with Crippen molar-refractivity contribution in [2.45, 2.75) is 18.9 Å². The summed E-state index contributed by atoms with van der Waals surface area (Å²) >= 11 is 1.58. The van der Waals surface area contributed by atoms with Crippen molar-refractivity contribution in [1.82, 2.24) is 19.4 Å². The Balaban J connectivity index is 1.35. The van der Waals surface area contributed by atoms with Gasteiger partial charge in [0.25, 0.3) is 0 Å². The van der Waals surface area contributed by atoms with Gasteiger partial charge >= 0.3 is 0 Å². The Hall–Kier alpha value is -2.51. The van der Waals surface area contributed by atoms with Crippen molar-refractivity contribution in [3.63, 3.8) is 0 Å². The molecule has 27 heavy (non-hydrogen) atoms. The number of rotatable bonds is 4. The van der Waals surface area contributed by atoms with E-state index in [1.165, 1.54) is 0 Å². The van der Waals surface area contributed by atoms with Gasteiger partial charge in [-0.15, -0.1) is 11.3 Å². The second-order valence-electron chi connectivity index (χ2n) is 6.86. The molecule has 1 amide bonds. The lowest BCUT2D eigenvalue weighted by Crippen LogP contribution is -2.39. The number of likely N-dealkylation sites (tertiary alicyclic amines) is 1. The van der Waals surface area contributed by atoms with Crippen LogP contribution in [-0.2, 0) is 11.8 Å². The highest BCUT2D eigenvalue weighted by molar-refractivity contribution is 7.19. The van der Waals surface area contributed by atoms with E-state index < -0.39 is 6.10 Å². The quantitative estimate of drug-likeness (QED) is 0.704. The predicted octanol–water partition coefficient (Wildman–Crippen LogP) is 3.02. The third-order valence-corrected chi connectivity index (χ3v) is 6.10. The highest BCUT2D eigenvalue weighted by atomic mass is 32.1. The van der Waals surface area contributed by atoms with Crippen molar-refractivity contribution in [2.24, 2.45) is 13.0 Å². The number of hydrogen-bond acceptors (Lipinski definition) is 5. The highest BCUT2D eigenvalue weighted by Crippen LogP contribution is 2.30. The molecule has 1 atom stereocenters. The molecule has 1 saturated heterocycles. The zero-order valence-corrected chi connectivity index (χ0v) is 16.0. The summed E-state index contributed by atoms with van der Waals surface area (Å²) in [6.45, 7) is 1.30. The first-order valence-corrected chi connectivity index (χ1v) is 9.91. The first kappa shape index (κ1) is 17.9. The van der Waals surface area contributed by atoms with Crippen LogP contribution in [0.4, 0.5) is 0 Å². The second-order valence-corrected chi connectivity index (χ2v) is 7.92. The largest absolute Gasteiger partial charge is 0.385 e. The van der Waals surface area contributed by atoms with Crippen LogP contribution in [0.5, 0.6) is 0 Å². The first-order valence-electron chi connectivity index (χ1n) is 9.09. The van der Waals surface area contributed by atoms with E-state index in [4.69, 9.17) is 0 Å². The van der Waals surface area contributed by atoms with Crippen molar-refractivity contribution >= 4 is 33.5 Å². The van der Waals surface area contributed by atoms with Gasteiger partial charge in [-0.1, -0.05) is 12.1 Å². The van der Waals surface area contributed by atoms with Crippen LogP contribution in [0.3, 0.4) is 0 Å². The summed E-state index contributed by atoms with van der Waals surface area (Å²) in [6.07, 6.45) is 7.90. The minimum Gasteiger partial charge on any atom is -0.385 e. The number of piperidine rings is 1. The number of nitrogens with zero attached hydrogens (tertiary/aromatic N) is 4. The van der Waals surface area contributed by atoms with Crippen LogP contribution in [0.1, 0.15) is 29.8 Å². The van der Waals surface area contributed by atoms with E-state index in [9.17, 15) is 9.90 Å². The summed E-state index contributed by atoms with van der Waals surface area (Å²) in [7, 11) is 1.89. The number of aliphatic hydroxyl groups excluding tert-OH is 1. The number of carbonyl (C=O) groups is 1. The van der Waals surface area contributed by atoms with Gasteiger partial charge in [-0.3, -0.25) is 4.79 Å². The SMILES string of the molecule is Cn1ccnc1C(O)C1CCN(C(=O)C=Cc2nc3ccccc3s2)CC1. The molecule has 0 spiro atoms. The smallest absolute Gasteiger partial charge is 0.246 e. The van der Waals surface area contributed by atoms with Gasteiger partial charge in [0, 0.05) is 38.6 Å². The molecule has 6 nitrogen and oxygen atoms in total. The molecule has 0 bridgehead atoms. The zero-order valence-electron chi connectivity index (χ0n) is 15.2. The molecule has 0 saturated carbocycles. The molecule has 1 aliphatic heterocycles. The summed E-state index contributed by atoms with van der Waals surface area (Å²) in [5, 5.41) is 11.4. The van der Waals surface area contributed by atoms with Gasteiger partial charge in [0.05, 0.1) is 10.2 Å². The van der Waals surface area contributed by atoms with Gasteiger partial charge in [0.1, 0.15) is 16.9 Å². The Kier molecular flexibility index (Phi) is 5.05. The average Bonchev–Trinajstić information content (AvgIpc) is 3.31. The average molecular weight is 382 g/mol. The number of fused-ring (bicyclic) bond motifs is 1. The van der Waals surface area contributed by atoms with E-state index in [1.54, 1.807) is 29.7 Å². The molecule has 3 aromatic rings. The number of imidazole rings is 1. The molecule has 1 aliphatic rings. The Morgan fingerprint density at radius 1 is 1.33 bits per heavy atom. The fourth-order valence-corrected chi connectivity index (χ4v) is 4.39. The van der Waals surface area contributed by atoms with E-state index in [2.05, 4.69) is 9.97 Å². The molecule has 0 radical (unpaired) electrons. The lowest BCUT2D eigenvalue weighted by atomic mass is 9.90. The third-order valence-electron chi connectivity index (χ3n) is 5.10. The lowest BCUT2D eigenvalue weighted by Gasteiger charge is -2.33. The summed E-state index contributed by atoms with van der Waals surface area (Å²) in [6, 6.07) is 7.96. The third kappa shape index (κ3) is 3.79. The highest BCUT2D eigenvalue weighted by Gasteiger charge is 2.29. The van der Waals surface area contributed by atoms with Crippen LogP contribution in [0.2, 0.25) is 0 Å². The molecule has 1 fully saturated rings. The molecule has 2 aromatic heterocycles. The summed E-state index contributed by atoms with van der Waals surface area (Å²) in [4.78, 5) is 23.1. The number of para-hydroxylation sites is 1. The van der Waals surface area contributed by atoms with Crippen LogP contribution in [0, 0.1) is 5.92 Å². The monoisotopic (exact) mass is 382 g/mol. The maximum atomic E-state index is 12.5. The number of thiazole rings is 1. The number of aryl methyl sites for hydroxylation is 1. The molecule has 1 aromatic carbocycles. The van der Waals surface area contributed by atoms with Crippen molar-refractivity contribution in [3.05, 3.63) is 53.6 Å². The first-order chi connectivity index (χ1) is 13.1. The van der Waals surface area contributed by atoms with Crippen LogP contribution in [-0.4, -0.2) is 43.5 Å². The number of aromatic nitrogens is 3. The Morgan fingerprint density at radius 2 is 2.11 bits per heavy atom. The number of carbonyl (C=O) groups excluding carboxylic acids is 1.